The lowest BCUT2D eigenvalue weighted by Crippen LogP contribution is -2.50. The van der Waals surface area contributed by atoms with Crippen LogP contribution in [-0.2, 0) is 16.8 Å². The van der Waals surface area contributed by atoms with Gasteiger partial charge in [0.05, 0.1) is 7.11 Å². The van der Waals surface area contributed by atoms with E-state index in [9.17, 15) is 8.42 Å². The summed E-state index contributed by atoms with van der Waals surface area (Å²) in [6, 6.07) is 7.34. The van der Waals surface area contributed by atoms with Crippen LogP contribution in [0.15, 0.2) is 24.3 Å². The smallest absolute Gasteiger partial charge is 0.282 e. The maximum Gasteiger partial charge on any atom is 0.282 e. The molecule has 7 heteroatoms. The van der Waals surface area contributed by atoms with Crippen molar-refractivity contribution in [2.24, 2.45) is 5.73 Å². The molecule has 0 aromatic heterocycles. The summed E-state index contributed by atoms with van der Waals surface area (Å²) in [4.78, 5) is 0. The van der Waals surface area contributed by atoms with E-state index in [4.69, 9.17) is 10.5 Å². The fourth-order valence-corrected chi connectivity index (χ4v) is 3.94. The van der Waals surface area contributed by atoms with E-state index in [-0.39, 0.29) is 6.04 Å². The van der Waals surface area contributed by atoms with E-state index in [1.54, 1.807) is 14.2 Å². The van der Waals surface area contributed by atoms with Crippen LogP contribution in [0.4, 0.5) is 0 Å². The predicted octanol–water partition coefficient (Wildman–Crippen LogP) is 0.795. The predicted molar refractivity (Wildman–Crippen MR) is 82.2 cm³/mol. The normalized spacial score (nSPS) is 20.7. The third-order valence-electron chi connectivity index (χ3n) is 3.68. The molecule has 1 aromatic rings. The molecule has 0 unspecified atom stereocenters. The number of rotatable bonds is 5. The SMILES string of the molecule is COc1cccc(CN(C)S(=O)(=O)N2CCC[C@@H](N)C2)c1. The topological polar surface area (TPSA) is 75.9 Å². The zero-order valence-electron chi connectivity index (χ0n) is 12.5. The molecule has 1 aliphatic rings. The van der Waals surface area contributed by atoms with Crippen molar-refractivity contribution in [2.45, 2.75) is 25.4 Å². The Labute approximate surface area is 126 Å². The Bertz CT molecular complexity index is 577. The average molecular weight is 313 g/mol. The van der Waals surface area contributed by atoms with Gasteiger partial charge in [-0.3, -0.25) is 0 Å². The Morgan fingerprint density at radius 1 is 1.48 bits per heavy atom. The number of nitrogens with two attached hydrogens (primary N) is 1. The molecule has 0 radical (unpaired) electrons. The number of hydrogen-bond donors (Lipinski definition) is 1. The first-order chi connectivity index (χ1) is 9.93. The van der Waals surface area contributed by atoms with E-state index in [0.29, 0.717) is 19.6 Å². The van der Waals surface area contributed by atoms with Gasteiger partial charge in [-0.2, -0.15) is 17.0 Å². The van der Waals surface area contributed by atoms with Gasteiger partial charge in [0, 0.05) is 32.7 Å². The Morgan fingerprint density at radius 3 is 2.90 bits per heavy atom. The fraction of sp³-hybridized carbons (Fsp3) is 0.571. The van der Waals surface area contributed by atoms with Gasteiger partial charge in [-0.15, -0.1) is 0 Å². The second-order valence-electron chi connectivity index (χ2n) is 5.38. The van der Waals surface area contributed by atoms with Crippen LogP contribution >= 0.6 is 0 Å². The summed E-state index contributed by atoms with van der Waals surface area (Å²) in [5.74, 6) is 0.721. The Kier molecular flexibility index (Phi) is 5.21. The van der Waals surface area contributed by atoms with Crippen LogP contribution in [0.25, 0.3) is 0 Å². The lowest BCUT2D eigenvalue weighted by atomic mass is 10.1. The highest BCUT2D eigenvalue weighted by Gasteiger charge is 2.30. The number of benzene rings is 1. The Balaban J connectivity index is 2.08. The molecule has 0 aliphatic carbocycles. The zero-order valence-corrected chi connectivity index (χ0v) is 13.3. The third kappa shape index (κ3) is 3.94. The summed E-state index contributed by atoms with van der Waals surface area (Å²) in [5.41, 5.74) is 6.76. The van der Waals surface area contributed by atoms with Crippen molar-refractivity contribution < 1.29 is 13.2 Å². The monoisotopic (exact) mass is 313 g/mol. The van der Waals surface area contributed by atoms with Gasteiger partial charge >= 0.3 is 0 Å². The van der Waals surface area contributed by atoms with E-state index in [0.717, 1.165) is 24.2 Å². The third-order valence-corrected chi connectivity index (χ3v) is 5.58. The molecule has 1 aromatic carbocycles. The van der Waals surface area contributed by atoms with Gasteiger partial charge in [-0.05, 0) is 30.5 Å². The van der Waals surface area contributed by atoms with E-state index >= 15 is 0 Å². The summed E-state index contributed by atoms with van der Waals surface area (Å²) in [6.07, 6.45) is 1.69. The van der Waals surface area contributed by atoms with Crippen molar-refractivity contribution in [1.82, 2.24) is 8.61 Å². The molecule has 1 saturated heterocycles. The molecule has 1 aliphatic heterocycles. The first kappa shape index (κ1) is 16.2. The van der Waals surface area contributed by atoms with Gasteiger partial charge in [0.15, 0.2) is 0 Å². The summed E-state index contributed by atoms with van der Waals surface area (Å²) >= 11 is 0. The summed E-state index contributed by atoms with van der Waals surface area (Å²) in [6.45, 7) is 1.24. The summed E-state index contributed by atoms with van der Waals surface area (Å²) in [7, 11) is -0.283. The molecule has 21 heavy (non-hydrogen) atoms. The molecular weight excluding hydrogens is 290 g/mol. The van der Waals surface area contributed by atoms with Gasteiger partial charge in [-0.1, -0.05) is 12.1 Å². The molecule has 1 heterocycles. The van der Waals surface area contributed by atoms with Gasteiger partial charge in [-0.25, -0.2) is 0 Å². The highest BCUT2D eigenvalue weighted by atomic mass is 32.2. The fourth-order valence-electron chi connectivity index (χ4n) is 2.49. The maximum absolute atomic E-state index is 12.6. The van der Waals surface area contributed by atoms with Crippen molar-refractivity contribution in [2.75, 3.05) is 27.2 Å². The van der Waals surface area contributed by atoms with Crippen molar-refractivity contribution in [3.05, 3.63) is 29.8 Å². The maximum atomic E-state index is 12.6. The van der Waals surface area contributed by atoms with E-state index in [2.05, 4.69) is 0 Å². The molecular formula is C14H23N3O3S. The molecule has 1 fully saturated rings. The number of piperidine rings is 1. The summed E-state index contributed by atoms with van der Waals surface area (Å²) in [5, 5.41) is 0. The largest absolute Gasteiger partial charge is 0.497 e. The Morgan fingerprint density at radius 2 is 2.24 bits per heavy atom. The Hall–Kier alpha value is -1.15. The van der Waals surface area contributed by atoms with Gasteiger partial charge in [0.1, 0.15) is 5.75 Å². The molecule has 0 saturated carbocycles. The number of nitrogens with zero attached hydrogens (tertiary/aromatic N) is 2. The standard InChI is InChI=1S/C14H23N3O3S/c1-16(10-12-5-3-7-14(9-12)20-2)21(18,19)17-8-4-6-13(15)11-17/h3,5,7,9,13H,4,6,8,10-11,15H2,1-2H3/t13-/m1/s1. The average Bonchev–Trinajstić information content (AvgIpc) is 2.47. The molecule has 2 N–H and O–H groups in total. The van der Waals surface area contributed by atoms with Crippen molar-refractivity contribution in [3.8, 4) is 5.75 Å². The summed E-state index contributed by atoms with van der Waals surface area (Å²) < 4.78 is 33.1. The van der Waals surface area contributed by atoms with Crippen LogP contribution < -0.4 is 10.5 Å². The first-order valence-corrected chi connectivity index (χ1v) is 8.43. The van der Waals surface area contributed by atoms with Gasteiger partial charge in [0.25, 0.3) is 10.2 Å². The molecule has 0 spiro atoms. The first-order valence-electron chi connectivity index (χ1n) is 7.03. The van der Waals surface area contributed by atoms with E-state index < -0.39 is 10.2 Å². The quantitative estimate of drug-likeness (QED) is 0.872. The van der Waals surface area contributed by atoms with Crippen LogP contribution in [-0.4, -0.2) is 50.3 Å². The number of ether oxygens (including phenoxy) is 1. The van der Waals surface area contributed by atoms with E-state index in [1.807, 2.05) is 24.3 Å². The molecule has 0 amide bonds. The van der Waals surface area contributed by atoms with Crippen LogP contribution in [0.2, 0.25) is 0 Å². The lowest BCUT2D eigenvalue weighted by Gasteiger charge is -2.33. The van der Waals surface area contributed by atoms with Crippen LogP contribution in [0, 0.1) is 0 Å². The van der Waals surface area contributed by atoms with Gasteiger partial charge in [0.2, 0.25) is 0 Å². The second-order valence-corrected chi connectivity index (χ2v) is 7.41. The molecule has 1 atom stereocenters. The minimum Gasteiger partial charge on any atom is -0.497 e. The zero-order chi connectivity index (χ0) is 15.5. The molecule has 0 bridgehead atoms. The molecule has 118 valence electrons. The number of methoxy groups -OCH3 is 1. The highest BCUT2D eigenvalue weighted by molar-refractivity contribution is 7.86. The van der Waals surface area contributed by atoms with Crippen molar-refractivity contribution >= 4 is 10.2 Å². The lowest BCUT2D eigenvalue weighted by molar-refractivity contribution is 0.291. The van der Waals surface area contributed by atoms with Crippen molar-refractivity contribution in [3.63, 3.8) is 0 Å². The van der Waals surface area contributed by atoms with Gasteiger partial charge < -0.3 is 10.5 Å². The molecule has 6 nitrogen and oxygen atoms in total. The molecule has 2 rings (SSSR count). The minimum atomic E-state index is -3.47. The van der Waals surface area contributed by atoms with Crippen LogP contribution in [0.1, 0.15) is 18.4 Å². The minimum absolute atomic E-state index is 0.0706. The second kappa shape index (κ2) is 6.74. The van der Waals surface area contributed by atoms with Crippen LogP contribution in [0.5, 0.6) is 5.75 Å². The van der Waals surface area contributed by atoms with E-state index in [1.165, 1.54) is 8.61 Å². The van der Waals surface area contributed by atoms with Crippen molar-refractivity contribution in [1.29, 1.82) is 0 Å². The highest BCUT2D eigenvalue weighted by Crippen LogP contribution is 2.19. The van der Waals surface area contributed by atoms with Crippen LogP contribution in [0.3, 0.4) is 0 Å². The number of hydrogen-bond acceptors (Lipinski definition) is 4.